The highest BCUT2D eigenvalue weighted by molar-refractivity contribution is 5.89. The minimum atomic E-state index is -0.570. The van der Waals surface area contributed by atoms with E-state index in [0.717, 1.165) is 24.0 Å². The first kappa shape index (κ1) is 18.0. The molecule has 1 aliphatic heterocycles. The molecule has 0 radical (unpaired) electrons. The number of aliphatic hydroxyl groups excluding tert-OH is 1. The van der Waals surface area contributed by atoms with E-state index in [9.17, 15) is 9.90 Å². The van der Waals surface area contributed by atoms with Gasteiger partial charge in [-0.1, -0.05) is 42.5 Å². The Morgan fingerprint density at radius 2 is 1.96 bits per heavy atom. The number of urea groups is 1. The number of likely N-dealkylation sites (tertiary alicyclic amines) is 1. The van der Waals surface area contributed by atoms with Crippen LogP contribution >= 0.6 is 0 Å². The molecule has 2 amide bonds. The molecule has 0 aromatic heterocycles. The largest absolute Gasteiger partial charge is 0.388 e. The fourth-order valence-corrected chi connectivity index (χ4v) is 3.41. The van der Waals surface area contributed by atoms with Crippen LogP contribution in [0, 0.1) is 11.3 Å². The summed E-state index contributed by atoms with van der Waals surface area (Å²) in [6.07, 6.45) is 2.18. The van der Waals surface area contributed by atoms with Crippen LogP contribution in [0.2, 0.25) is 0 Å². The Balaban J connectivity index is 1.60. The van der Waals surface area contributed by atoms with Gasteiger partial charge in [0, 0.05) is 18.3 Å². The maximum absolute atomic E-state index is 12.6. The van der Waals surface area contributed by atoms with E-state index in [-0.39, 0.29) is 12.1 Å². The molecule has 0 aliphatic carbocycles. The summed E-state index contributed by atoms with van der Waals surface area (Å²) >= 11 is 0. The Morgan fingerprint density at radius 1 is 1.23 bits per heavy atom. The second kappa shape index (κ2) is 8.50. The molecule has 0 spiro atoms. The van der Waals surface area contributed by atoms with Crippen LogP contribution in [0.4, 0.5) is 10.5 Å². The summed E-state index contributed by atoms with van der Waals surface area (Å²) in [5.74, 6) is 0. The molecule has 1 saturated heterocycles. The Labute approximate surface area is 153 Å². The number of hydrogen-bond donors (Lipinski definition) is 2. The zero-order valence-electron chi connectivity index (χ0n) is 14.6. The summed E-state index contributed by atoms with van der Waals surface area (Å²) in [6, 6.07) is 18.9. The number of hydrogen-bond acceptors (Lipinski definition) is 3. The molecule has 2 aromatic rings. The number of anilines is 1. The topological polar surface area (TPSA) is 76.4 Å². The Hall–Kier alpha value is -2.84. The third-order valence-corrected chi connectivity index (χ3v) is 4.81. The van der Waals surface area contributed by atoms with E-state index in [1.807, 2.05) is 59.5 Å². The van der Waals surface area contributed by atoms with Crippen molar-refractivity contribution in [3.8, 4) is 6.07 Å². The number of amides is 2. The molecule has 134 valence electrons. The molecule has 2 aromatic carbocycles. The molecule has 2 unspecified atom stereocenters. The van der Waals surface area contributed by atoms with Crippen molar-refractivity contribution in [2.45, 2.75) is 37.8 Å². The van der Waals surface area contributed by atoms with Crippen LogP contribution in [-0.2, 0) is 6.42 Å². The predicted molar refractivity (Wildman–Crippen MR) is 101 cm³/mol. The predicted octanol–water partition coefficient (Wildman–Crippen LogP) is 3.87. The van der Waals surface area contributed by atoms with Crippen LogP contribution in [0.3, 0.4) is 0 Å². The van der Waals surface area contributed by atoms with Crippen molar-refractivity contribution in [2.24, 2.45) is 0 Å². The van der Waals surface area contributed by atoms with Crippen molar-refractivity contribution in [3.63, 3.8) is 0 Å². The lowest BCUT2D eigenvalue weighted by molar-refractivity contribution is 0.130. The van der Waals surface area contributed by atoms with Crippen LogP contribution in [-0.4, -0.2) is 28.6 Å². The average Bonchev–Trinajstić information content (AvgIpc) is 3.12. The third kappa shape index (κ3) is 4.41. The van der Waals surface area contributed by atoms with Gasteiger partial charge in [-0.25, -0.2) is 4.79 Å². The second-order valence-electron chi connectivity index (χ2n) is 6.61. The molecule has 26 heavy (non-hydrogen) atoms. The molecular formula is C21H23N3O2. The number of aliphatic hydroxyl groups is 1. The number of nitrogens with zero attached hydrogens (tertiary/aromatic N) is 2. The first-order chi connectivity index (χ1) is 12.7. The van der Waals surface area contributed by atoms with Crippen molar-refractivity contribution >= 4 is 11.7 Å². The van der Waals surface area contributed by atoms with Crippen molar-refractivity contribution in [1.29, 1.82) is 5.26 Å². The minimum Gasteiger partial charge on any atom is -0.388 e. The molecule has 2 atom stereocenters. The van der Waals surface area contributed by atoms with Crippen LogP contribution in [0.25, 0.3) is 0 Å². The van der Waals surface area contributed by atoms with E-state index in [0.29, 0.717) is 25.1 Å². The normalized spacial score (nSPS) is 17.5. The van der Waals surface area contributed by atoms with Crippen LogP contribution in [0.5, 0.6) is 0 Å². The van der Waals surface area contributed by atoms with Gasteiger partial charge < -0.3 is 15.3 Å². The van der Waals surface area contributed by atoms with E-state index in [2.05, 4.69) is 11.4 Å². The van der Waals surface area contributed by atoms with Gasteiger partial charge in [0.2, 0.25) is 0 Å². The molecular weight excluding hydrogens is 326 g/mol. The number of benzene rings is 2. The van der Waals surface area contributed by atoms with Gasteiger partial charge >= 0.3 is 6.03 Å². The first-order valence-corrected chi connectivity index (χ1v) is 8.94. The van der Waals surface area contributed by atoms with Crippen LogP contribution in [0.1, 0.15) is 36.5 Å². The highest BCUT2D eigenvalue weighted by atomic mass is 16.3. The summed E-state index contributed by atoms with van der Waals surface area (Å²) in [5.41, 5.74) is 2.52. The molecule has 3 rings (SSSR count). The summed E-state index contributed by atoms with van der Waals surface area (Å²) < 4.78 is 0. The van der Waals surface area contributed by atoms with Gasteiger partial charge in [0.15, 0.2) is 0 Å². The van der Waals surface area contributed by atoms with E-state index >= 15 is 0 Å². The summed E-state index contributed by atoms with van der Waals surface area (Å²) in [7, 11) is 0. The maximum atomic E-state index is 12.6. The van der Waals surface area contributed by atoms with Gasteiger partial charge in [0.05, 0.1) is 18.6 Å². The van der Waals surface area contributed by atoms with Gasteiger partial charge in [-0.3, -0.25) is 0 Å². The molecule has 2 N–H and O–H groups in total. The van der Waals surface area contributed by atoms with Crippen LogP contribution < -0.4 is 5.32 Å². The molecule has 1 heterocycles. The number of carbonyl (C=O) groups excluding carboxylic acids is 1. The summed E-state index contributed by atoms with van der Waals surface area (Å²) in [5, 5.41) is 22.1. The standard InChI is InChI=1S/C21H23N3O2/c22-13-12-16-8-10-18(11-9-16)23-21(26)24-14-4-7-19(24)15-20(25)17-5-2-1-3-6-17/h1-3,5-6,8-11,19-20,25H,4,7,12,14-15H2,(H,23,26). The minimum absolute atomic E-state index is 0.0306. The van der Waals surface area contributed by atoms with Crippen molar-refractivity contribution in [3.05, 3.63) is 65.7 Å². The SMILES string of the molecule is N#CCc1ccc(NC(=O)N2CCCC2CC(O)c2ccccc2)cc1. The highest BCUT2D eigenvalue weighted by Gasteiger charge is 2.30. The fourth-order valence-electron chi connectivity index (χ4n) is 3.41. The Kier molecular flexibility index (Phi) is 5.88. The van der Waals surface area contributed by atoms with E-state index in [1.165, 1.54) is 0 Å². The molecule has 0 bridgehead atoms. The Morgan fingerprint density at radius 3 is 2.65 bits per heavy atom. The smallest absolute Gasteiger partial charge is 0.322 e. The van der Waals surface area contributed by atoms with Gasteiger partial charge in [0.1, 0.15) is 0 Å². The number of nitriles is 1. The lowest BCUT2D eigenvalue weighted by Crippen LogP contribution is -2.39. The monoisotopic (exact) mass is 349 g/mol. The zero-order chi connectivity index (χ0) is 18.4. The average molecular weight is 349 g/mol. The second-order valence-corrected chi connectivity index (χ2v) is 6.61. The zero-order valence-corrected chi connectivity index (χ0v) is 14.6. The van der Waals surface area contributed by atoms with Gasteiger partial charge in [-0.15, -0.1) is 0 Å². The quantitative estimate of drug-likeness (QED) is 0.860. The summed E-state index contributed by atoms with van der Waals surface area (Å²) in [4.78, 5) is 14.4. The van der Waals surface area contributed by atoms with Gasteiger partial charge in [0.25, 0.3) is 0 Å². The van der Waals surface area contributed by atoms with Crippen LogP contribution in [0.15, 0.2) is 54.6 Å². The Bertz CT molecular complexity index is 768. The molecule has 5 heteroatoms. The van der Waals surface area contributed by atoms with Gasteiger partial charge in [-0.2, -0.15) is 5.26 Å². The number of rotatable bonds is 5. The van der Waals surface area contributed by atoms with Crippen molar-refractivity contribution in [2.75, 3.05) is 11.9 Å². The summed E-state index contributed by atoms with van der Waals surface area (Å²) in [6.45, 7) is 0.699. The van der Waals surface area contributed by atoms with Gasteiger partial charge in [-0.05, 0) is 42.5 Å². The third-order valence-electron chi connectivity index (χ3n) is 4.81. The first-order valence-electron chi connectivity index (χ1n) is 8.94. The van der Waals surface area contributed by atoms with E-state index in [1.54, 1.807) is 0 Å². The lowest BCUT2D eigenvalue weighted by Gasteiger charge is -2.27. The number of nitrogens with one attached hydrogen (secondary N) is 1. The van der Waals surface area contributed by atoms with Crippen molar-refractivity contribution in [1.82, 2.24) is 4.90 Å². The molecule has 5 nitrogen and oxygen atoms in total. The van der Waals surface area contributed by atoms with Crippen molar-refractivity contribution < 1.29 is 9.90 Å². The molecule has 1 fully saturated rings. The molecule has 0 saturated carbocycles. The fraction of sp³-hybridized carbons (Fsp3) is 0.333. The lowest BCUT2D eigenvalue weighted by atomic mass is 10.0. The number of carbonyl (C=O) groups is 1. The molecule has 1 aliphatic rings. The maximum Gasteiger partial charge on any atom is 0.322 e. The van der Waals surface area contributed by atoms with E-state index < -0.39 is 6.10 Å². The van der Waals surface area contributed by atoms with E-state index in [4.69, 9.17) is 5.26 Å². The highest BCUT2D eigenvalue weighted by Crippen LogP contribution is 2.28.